The largest absolute Gasteiger partial charge is 0.463 e. The lowest BCUT2D eigenvalue weighted by atomic mass is 10.1. The number of hydrogen-bond donors (Lipinski definition) is 1. The minimum atomic E-state index is -0.509. The Kier molecular flexibility index (Phi) is 6.12. The number of nitro benzene ring substituents is 1. The van der Waals surface area contributed by atoms with Gasteiger partial charge in [-0.2, -0.15) is 4.98 Å². The summed E-state index contributed by atoms with van der Waals surface area (Å²) in [5, 5.41) is 18.1. The second-order valence-corrected chi connectivity index (χ2v) is 7.24. The number of aryl methyl sites for hydroxylation is 1. The molecule has 0 unspecified atom stereocenters. The molecule has 0 aliphatic carbocycles. The molecule has 0 radical (unpaired) electrons. The standard InChI is InChI=1S/C24H21N5O4/c1-3-33-24-26-22(17-9-7-16(2)8-10-17)28(27-24)21-6-4-5-19(15-21)25-23(30)18-11-13-20(14-12-18)29(31)32/h4-15H,3H2,1-2H3,(H,25,30). The number of nitrogens with one attached hydrogen (secondary N) is 1. The van der Waals surface area contributed by atoms with Gasteiger partial charge < -0.3 is 10.1 Å². The summed E-state index contributed by atoms with van der Waals surface area (Å²) in [4.78, 5) is 27.4. The van der Waals surface area contributed by atoms with Crippen molar-refractivity contribution < 1.29 is 14.5 Å². The Morgan fingerprint density at radius 2 is 1.82 bits per heavy atom. The molecule has 0 atom stereocenters. The molecule has 4 aromatic rings. The van der Waals surface area contributed by atoms with E-state index in [-0.39, 0.29) is 17.6 Å². The molecular weight excluding hydrogens is 422 g/mol. The molecule has 3 aromatic carbocycles. The van der Waals surface area contributed by atoms with E-state index in [1.165, 1.54) is 24.3 Å². The van der Waals surface area contributed by atoms with Crippen LogP contribution in [0.1, 0.15) is 22.8 Å². The third-order valence-corrected chi connectivity index (χ3v) is 4.86. The average Bonchev–Trinajstić information content (AvgIpc) is 3.24. The first-order valence-corrected chi connectivity index (χ1v) is 10.3. The maximum absolute atomic E-state index is 12.6. The molecule has 33 heavy (non-hydrogen) atoms. The molecule has 4 rings (SSSR count). The Labute approximate surface area is 189 Å². The first-order valence-electron chi connectivity index (χ1n) is 10.3. The Bertz CT molecular complexity index is 1300. The van der Waals surface area contributed by atoms with Crippen LogP contribution in [0, 0.1) is 17.0 Å². The highest BCUT2D eigenvalue weighted by Gasteiger charge is 2.16. The predicted molar refractivity (Wildman–Crippen MR) is 124 cm³/mol. The highest BCUT2D eigenvalue weighted by Crippen LogP contribution is 2.25. The number of rotatable bonds is 7. The lowest BCUT2D eigenvalue weighted by Gasteiger charge is -2.09. The highest BCUT2D eigenvalue weighted by molar-refractivity contribution is 6.04. The summed E-state index contributed by atoms with van der Waals surface area (Å²) >= 11 is 0. The van der Waals surface area contributed by atoms with Crippen molar-refractivity contribution in [3.8, 4) is 23.1 Å². The third-order valence-electron chi connectivity index (χ3n) is 4.86. The third kappa shape index (κ3) is 4.87. The number of amides is 1. The lowest BCUT2D eigenvalue weighted by Crippen LogP contribution is -2.12. The average molecular weight is 443 g/mol. The van der Waals surface area contributed by atoms with E-state index in [0.717, 1.165) is 11.1 Å². The molecule has 1 amide bonds. The van der Waals surface area contributed by atoms with Crippen LogP contribution in [0.25, 0.3) is 17.1 Å². The molecule has 9 nitrogen and oxygen atoms in total. The zero-order valence-electron chi connectivity index (χ0n) is 18.1. The van der Waals surface area contributed by atoms with Gasteiger partial charge in [-0.15, -0.1) is 5.10 Å². The fourth-order valence-electron chi connectivity index (χ4n) is 3.21. The van der Waals surface area contributed by atoms with Gasteiger partial charge >= 0.3 is 6.01 Å². The number of ether oxygens (including phenoxy) is 1. The summed E-state index contributed by atoms with van der Waals surface area (Å²) in [7, 11) is 0. The molecule has 0 fully saturated rings. The van der Waals surface area contributed by atoms with Crippen LogP contribution >= 0.6 is 0 Å². The zero-order valence-corrected chi connectivity index (χ0v) is 18.1. The monoisotopic (exact) mass is 443 g/mol. The van der Waals surface area contributed by atoms with E-state index in [0.29, 0.717) is 29.4 Å². The highest BCUT2D eigenvalue weighted by atomic mass is 16.6. The summed E-state index contributed by atoms with van der Waals surface area (Å²) in [6, 6.07) is 20.8. The molecule has 0 spiro atoms. The van der Waals surface area contributed by atoms with Gasteiger partial charge in [0.1, 0.15) is 0 Å². The number of aromatic nitrogens is 3. The molecule has 0 saturated heterocycles. The fourth-order valence-corrected chi connectivity index (χ4v) is 3.21. The Morgan fingerprint density at radius 1 is 1.09 bits per heavy atom. The van der Waals surface area contributed by atoms with Crippen LogP contribution in [0.3, 0.4) is 0 Å². The summed E-state index contributed by atoms with van der Waals surface area (Å²) in [5.41, 5.74) is 3.47. The second-order valence-electron chi connectivity index (χ2n) is 7.24. The first-order chi connectivity index (χ1) is 15.9. The molecule has 1 heterocycles. The van der Waals surface area contributed by atoms with Crippen molar-refractivity contribution in [2.75, 3.05) is 11.9 Å². The molecule has 0 aliphatic rings. The number of hydrogen-bond acceptors (Lipinski definition) is 6. The molecular formula is C24H21N5O4. The molecule has 1 aromatic heterocycles. The SMILES string of the molecule is CCOc1nc(-c2ccc(C)cc2)n(-c2cccc(NC(=O)c3ccc([N+](=O)[O-])cc3)c2)n1. The van der Waals surface area contributed by atoms with Gasteiger partial charge in [0.2, 0.25) is 0 Å². The molecule has 9 heteroatoms. The van der Waals surface area contributed by atoms with Crippen molar-refractivity contribution in [1.29, 1.82) is 0 Å². The molecule has 166 valence electrons. The van der Waals surface area contributed by atoms with Gasteiger partial charge in [-0.3, -0.25) is 14.9 Å². The summed E-state index contributed by atoms with van der Waals surface area (Å²) in [6.07, 6.45) is 0. The minimum absolute atomic E-state index is 0.0755. The lowest BCUT2D eigenvalue weighted by molar-refractivity contribution is -0.384. The van der Waals surface area contributed by atoms with E-state index < -0.39 is 4.92 Å². The van der Waals surface area contributed by atoms with Crippen molar-refractivity contribution >= 4 is 17.3 Å². The quantitative estimate of drug-likeness (QED) is 0.324. The van der Waals surface area contributed by atoms with Crippen molar-refractivity contribution in [2.24, 2.45) is 0 Å². The van der Waals surface area contributed by atoms with Gasteiger partial charge in [-0.1, -0.05) is 35.9 Å². The molecule has 1 N–H and O–H groups in total. The number of anilines is 1. The van der Waals surface area contributed by atoms with Crippen LogP contribution in [-0.4, -0.2) is 32.2 Å². The van der Waals surface area contributed by atoms with E-state index in [2.05, 4.69) is 15.4 Å². The van der Waals surface area contributed by atoms with Crippen LogP contribution in [0.5, 0.6) is 6.01 Å². The van der Waals surface area contributed by atoms with E-state index in [1.54, 1.807) is 22.9 Å². The maximum atomic E-state index is 12.6. The topological polar surface area (TPSA) is 112 Å². The van der Waals surface area contributed by atoms with Gasteiger partial charge in [0.05, 0.1) is 17.2 Å². The Balaban J connectivity index is 1.64. The second kappa shape index (κ2) is 9.31. The van der Waals surface area contributed by atoms with Crippen molar-refractivity contribution in [3.63, 3.8) is 0 Å². The van der Waals surface area contributed by atoms with Crippen molar-refractivity contribution in [2.45, 2.75) is 13.8 Å². The van der Waals surface area contributed by atoms with E-state index in [4.69, 9.17) is 4.74 Å². The fraction of sp³-hybridized carbons (Fsp3) is 0.125. The van der Waals surface area contributed by atoms with E-state index in [1.807, 2.05) is 44.2 Å². The van der Waals surface area contributed by atoms with Gasteiger partial charge in [-0.05, 0) is 44.2 Å². The van der Waals surface area contributed by atoms with Crippen LogP contribution < -0.4 is 10.1 Å². The summed E-state index contributed by atoms with van der Waals surface area (Å²) < 4.78 is 7.18. The number of non-ortho nitro benzene ring substituents is 1. The Morgan fingerprint density at radius 3 is 2.48 bits per heavy atom. The Hall–Kier alpha value is -4.53. The number of carbonyl (C=O) groups is 1. The van der Waals surface area contributed by atoms with Gasteiger partial charge in [0.25, 0.3) is 11.6 Å². The normalized spacial score (nSPS) is 10.6. The number of nitro groups is 1. The van der Waals surface area contributed by atoms with Crippen LogP contribution in [0.2, 0.25) is 0 Å². The van der Waals surface area contributed by atoms with Gasteiger partial charge in [0.15, 0.2) is 5.82 Å². The number of benzene rings is 3. The van der Waals surface area contributed by atoms with Crippen LogP contribution in [0.15, 0.2) is 72.8 Å². The number of nitrogens with zero attached hydrogens (tertiary/aromatic N) is 4. The van der Waals surface area contributed by atoms with E-state index in [9.17, 15) is 14.9 Å². The number of carbonyl (C=O) groups excluding carboxylic acids is 1. The zero-order chi connectivity index (χ0) is 23.4. The first kappa shape index (κ1) is 21.7. The molecule has 0 bridgehead atoms. The molecule has 0 saturated carbocycles. The minimum Gasteiger partial charge on any atom is -0.463 e. The van der Waals surface area contributed by atoms with Crippen LogP contribution in [0.4, 0.5) is 11.4 Å². The maximum Gasteiger partial charge on any atom is 0.336 e. The van der Waals surface area contributed by atoms with Crippen molar-refractivity contribution in [3.05, 3.63) is 94.0 Å². The summed E-state index contributed by atoms with van der Waals surface area (Å²) in [5.74, 6) is 0.228. The molecule has 0 aliphatic heterocycles. The predicted octanol–water partition coefficient (Wildman–Crippen LogP) is 4.80. The van der Waals surface area contributed by atoms with E-state index >= 15 is 0 Å². The smallest absolute Gasteiger partial charge is 0.336 e. The summed E-state index contributed by atoms with van der Waals surface area (Å²) in [6.45, 7) is 4.31. The van der Waals surface area contributed by atoms with Crippen molar-refractivity contribution in [1.82, 2.24) is 14.8 Å². The van der Waals surface area contributed by atoms with Gasteiger partial charge in [0, 0.05) is 28.9 Å². The van der Waals surface area contributed by atoms with Gasteiger partial charge in [-0.25, -0.2) is 4.68 Å². The van der Waals surface area contributed by atoms with Crippen LogP contribution in [-0.2, 0) is 0 Å².